The van der Waals surface area contributed by atoms with Gasteiger partial charge < -0.3 is 19.5 Å². The molecule has 0 aromatic heterocycles. The summed E-state index contributed by atoms with van der Waals surface area (Å²) < 4.78 is 16.9. The average Bonchev–Trinajstić information content (AvgIpc) is 3.16. The summed E-state index contributed by atoms with van der Waals surface area (Å²) in [7, 11) is 0. The molecule has 188 valence electrons. The molecule has 0 atom stereocenters. The van der Waals surface area contributed by atoms with Gasteiger partial charge in [0.2, 0.25) is 5.91 Å². The second-order valence-corrected chi connectivity index (χ2v) is 9.49. The van der Waals surface area contributed by atoms with Crippen molar-refractivity contribution in [2.45, 2.75) is 6.61 Å². The largest absolute Gasteiger partial charge is 0.488 e. The molecular weight excluding hydrogens is 516 g/mol. The Morgan fingerprint density at radius 3 is 2.62 bits per heavy atom. The molecule has 0 bridgehead atoms. The summed E-state index contributed by atoms with van der Waals surface area (Å²) in [5, 5.41) is 2.76. The fourth-order valence-corrected chi connectivity index (χ4v) is 4.76. The van der Waals surface area contributed by atoms with Crippen LogP contribution in [0.4, 0.5) is 10.5 Å². The van der Waals surface area contributed by atoms with Gasteiger partial charge in [-0.1, -0.05) is 48.0 Å². The number of rotatable bonds is 7. The topological polar surface area (TPSA) is 94.2 Å². The third kappa shape index (κ3) is 5.73. The van der Waals surface area contributed by atoms with E-state index in [4.69, 9.17) is 25.8 Å². The number of imide groups is 1. The minimum atomic E-state index is -0.548. The molecule has 2 heterocycles. The summed E-state index contributed by atoms with van der Waals surface area (Å²) in [4.78, 5) is 39.3. The molecule has 3 aromatic rings. The highest BCUT2D eigenvalue weighted by Crippen LogP contribution is 2.35. The number of nitrogens with one attached hydrogen (secondary N) is 1. The third-order valence-electron chi connectivity index (χ3n) is 5.55. The first-order chi connectivity index (χ1) is 18.0. The molecule has 2 aliphatic rings. The Balaban J connectivity index is 1.25. The van der Waals surface area contributed by atoms with Crippen LogP contribution in [0.2, 0.25) is 5.02 Å². The molecule has 1 fully saturated rings. The number of ether oxygens (including phenoxy) is 3. The van der Waals surface area contributed by atoms with E-state index in [0.717, 1.165) is 22.2 Å². The van der Waals surface area contributed by atoms with Crippen LogP contribution < -0.4 is 19.5 Å². The van der Waals surface area contributed by atoms with Crippen molar-refractivity contribution in [2.75, 3.05) is 25.1 Å². The van der Waals surface area contributed by atoms with Gasteiger partial charge in [-0.25, -0.2) is 0 Å². The van der Waals surface area contributed by atoms with Crippen LogP contribution in [0.3, 0.4) is 0 Å². The van der Waals surface area contributed by atoms with Gasteiger partial charge in [0, 0.05) is 27.9 Å². The van der Waals surface area contributed by atoms with Crippen LogP contribution in [0.25, 0.3) is 6.08 Å². The second-order valence-electron chi connectivity index (χ2n) is 8.09. The summed E-state index contributed by atoms with van der Waals surface area (Å²) in [5.41, 5.74) is 1.92. The molecule has 0 unspecified atom stereocenters. The molecule has 5 rings (SSSR count). The lowest BCUT2D eigenvalue weighted by Gasteiger charge is -2.19. The highest BCUT2D eigenvalue weighted by molar-refractivity contribution is 8.18. The molecule has 2 aliphatic heterocycles. The van der Waals surface area contributed by atoms with Crippen LogP contribution >= 0.6 is 23.4 Å². The van der Waals surface area contributed by atoms with Gasteiger partial charge in [0.1, 0.15) is 32.1 Å². The van der Waals surface area contributed by atoms with E-state index in [1.54, 1.807) is 48.5 Å². The average molecular weight is 537 g/mol. The maximum Gasteiger partial charge on any atom is 0.294 e. The van der Waals surface area contributed by atoms with Gasteiger partial charge in [-0.3, -0.25) is 19.3 Å². The first kappa shape index (κ1) is 24.7. The molecule has 0 spiro atoms. The number of para-hydroxylation sites is 1. The van der Waals surface area contributed by atoms with Crippen molar-refractivity contribution in [3.8, 4) is 17.2 Å². The maximum atomic E-state index is 13.0. The summed E-state index contributed by atoms with van der Waals surface area (Å²) in [5.74, 6) is 0.590. The normalized spacial score (nSPS) is 15.7. The standard InChI is InChI=1S/C27H21ClN2O6S/c28-20-7-3-1-6-18(20)16-36-21-8-4-2-5-17(21)13-24-26(32)30(27(33)37-24)15-25(31)29-19-9-10-22-23(14-19)35-12-11-34-22/h1-10,13-14H,11-12,15-16H2,(H,29,31)/b24-13+. The lowest BCUT2D eigenvalue weighted by atomic mass is 10.1. The zero-order valence-corrected chi connectivity index (χ0v) is 21.0. The monoisotopic (exact) mass is 536 g/mol. The van der Waals surface area contributed by atoms with E-state index >= 15 is 0 Å². The van der Waals surface area contributed by atoms with Gasteiger partial charge in [-0.15, -0.1) is 0 Å². The van der Waals surface area contributed by atoms with Crippen molar-refractivity contribution in [2.24, 2.45) is 0 Å². The number of halogens is 1. The number of hydrogen-bond acceptors (Lipinski definition) is 7. The second kappa shape index (κ2) is 11.0. The number of thioether (sulfide) groups is 1. The van der Waals surface area contributed by atoms with Gasteiger partial charge in [0.05, 0.1) is 4.91 Å². The molecule has 0 saturated carbocycles. The minimum Gasteiger partial charge on any atom is -0.488 e. The van der Waals surface area contributed by atoms with E-state index in [-0.39, 0.29) is 11.5 Å². The quantitative estimate of drug-likeness (QED) is 0.406. The maximum absolute atomic E-state index is 13.0. The Bertz CT molecular complexity index is 1410. The van der Waals surface area contributed by atoms with Crippen LogP contribution in [0, 0.1) is 0 Å². The molecular formula is C27H21ClN2O6S. The lowest BCUT2D eigenvalue weighted by molar-refractivity contribution is -0.127. The summed E-state index contributed by atoms with van der Waals surface area (Å²) in [6.07, 6.45) is 1.59. The van der Waals surface area contributed by atoms with Gasteiger partial charge in [0.15, 0.2) is 11.5 Å². The molecule has 8 nitrogen and oxygen atoms in total. The fourth-order valence-electron chi connectivity index (χ4n) is 3.74. The van der Waals surface area contributed by atoms with E-state index in [1.807, 2.05) is 24.3 Å². The first-order valence-corrected chi connectivity index (χ1v) is 12.6. The van der Waals surface area contributed by atoms with E-state index in [0.29, 0.717) is 46.7 Å². The molecule has 1 N–H and O–H groups in total. The number of benzene rings is 3. The van der Waals surface area contributed by atoms with Crippen LogP contribution in [-0.2, 0) is 16.2 Å². The van der Waals surface area contributed by atoms with Crippen LogP contribution in [-0.4, -0.2) is 41.7 Å². The minimum absolute atomic E-state index is 0.200. The first-order valence-electron chi connectivity index (χ1n) is 11.4. The number of amides is 3. The number of fused-ring (bicyclic) bond motifs is 1. The van der Waals surface area contributed by atoms with Crippen molar-refractivity contribution in [1.82, 2.24) is 4.90 Å². The molecule has 0 radical (unpaired) electrons. The van der Waals surface area contributed by atoms with Crippen molar-refractivity contribution < 1.29 is 28.6 Å². The number of nitrogens with zero attached hydrogens (tertiary/aromatic N) is 1. The predicted octanol–water partition coefficient (Wildman–Crippen LogP) is 5.37. The smallest absolute Gasteiger partial charge is 0.294 e. The molecule has 3 aromatic carbocycles. The predicted molar refractivity (Wildman–Crippen MR) is 141 cm³/mol. The molecule has 0 aliphatic carbocycles. The Morgan fingerprint density at radius 2 is 1.78 bits per heavy atom. The van der Waals surface area contributed by atoms with Crippen LogP contribution in [0.5, 0.6) is 17.2 Å². The summed E-state index contributed by atoms with van der Waals surface area (Å²) in [6, 6.07) is 19.5. The van der Waals surface area contributed by atoms with Crippen molar-refractivity contribution in [3.63, 3.8) is 0 Å². The van der Waals surface area contributed by atoms with E-state index in [9.17, 15) is 14.4 Å². The highest BCUT2D eigenvalue weighted by Gasteiger charge is 2.36. The third-order valence-corrected chi connectivity index (χ3v) is 6.82. The van der Waals surface area contributed by atoms with E-state index < -0.39 is 23.6 Å². The number of anilines is 1. The summed E-state index contributed by atoms with van der Waals surface area (Å²) >= 11 is 6.99. The fraction of sp³-hybridized carbons (Fsp3) is 0.148. The molecule has 3 amide bonds. The number of carbonyl (C=O) groups is 3. The van der Waals surface area contributed by atoms with Gasteiger partial charge in [-0.05, 0) is 42.1 Å². The van der Waals surface area contributed by atoms with Crippen molar-refractivity contribution >= 4 is 52.2 Å². The molecule has 1 saturated heterocycles. The Kier molecular flexibility index (Phi) is 7.34. The number of carbonyl (C=O) groups excluding carboxylic acids is 3. The summed E-state index contributed by atoms with van der Waals surface area (Å²) in [6.45, 7) is 0.707. The Labute approximate surface area is 222 Å². The number of hydrogen-bond donors (Lipinski definition) is 1. The van der Waals surface area contributed by atoms with Crippen molar-refractivity contribution in [1.29, 1.82) is 0 Å². The van der Waals surface area contributed by atoms with Gasteiger partial charge in [-0.2, -0.15) is 0 Å². The molecule has 10 heteroatoms. The van der Waals surface area contributed by atoms with Gasteiger partial charge in [0.25, 0.3) is 11.1 Å². The Hall–Kier alpha value is -3.95. The van der Waals surface area contributed by atoms with E-state index in [1.165, 1.54) is 0 Å². The van der Waals surface area contributed by atoms with Crippen LogP contribution in [0.15, 0.2) is 71.6 Å². The lowest BCUT2D eigenvalue weighted by Crippen LogP contribution is -2.36. The molecule has 37 heavy (non-hydrogen) atoms. The highest BCUT2D eigenvalue weighted by atomic mass is 35.5. The van der Waals surface area contributed by atoms with Crippen molar-refractivity contribution in [3.05, 3.63) is 87.8 Å². The SMILES string of the molecule is O=C(CN1C(=O)S/C(=C/c2ccccc2OCc2ccccc2Cl)C1=O)Nc1ccc2c(c1)OCCO2. The van der Waals surface area contributed by atoms with Crippen LogP contribution in [0.1, 0.15) is 11.1 Å². The zero-order valence-electron chi connectivity index (χ0n) is 19.4. The van der Waals surface area contributed by atoms with E-state index in [2.05, 4.69) is 5.32 Å². The van der Waals surface area contributed by atoms with Gasteiger partial charge >= 0.3 is 0 Å². The Morgan fingerprint density at radius 1 is 1.03 bits per heavy atom. The zero-order chi connectivity index (χ0) is 25.8.